The number of hydrogen-bond acceptors (Lipinski definition) is 3. The van der Waals surface area contributed by atoms with E-state index in [0.717, 1.165) is 37.0 Å². The van der Waals surface area contributed by atoms with Gasteiger partial charge >= 0.3 is 5.97 Å². The van der Waals surface area contributed by atoms with Crippen molar-refractivity contribution in [2.75, 3.05) is 0 Å². The fraction of sp³-hybridized carbons (Fsp3) is 0.292. The number of aliphatic carboxylic acids is 1. The Balaban J connectivity index is 1.50. The summed E-state index contributed by atoms with van der Waals surface area (Å²) >= 11 is 4.07. The maximum absolute atomic E-state index is 10.8. The monoisotopic (exact) mass is 394 g/mol. The molecule has 3 aromatic rings. The number of ether oxygens (including phenoxy) is 1. The van der Waals surface area contributed by atoms with Gasteiger partial charge in [0.05, 0.1) is 5.25 Å². The van der Waals surface area contributed by atoms with Crippen molar-refractivity contribution in [3.8, 4) is 5.75 Å². The Morgan fingerprint density at radius 1 is 0.893 bits per heavy atom. The predicted octanol–water partition coefficient (Wildman–Crippen LogP) is 5.90. The molecule has 3 rings (SSSR count). The molecule has 0 spiro atoms. The highest BCUT2D eigenvalue weighted by Gasteiger charge is 2.10. The van der Waals surface area contributed by atoms with Gasteiger partial charge in [0.1, 0.15) is 12.4 Å². The Morgan fingerprint density at radius 2 is 1.64 bits per heavy atom. The summed E-state index contributed by atoms with van der Waals surface area (Å²) in [6.07, 6.45) is 4.61. The number of carboxylic acid groups (broad SMARTS) is 1. The summed E-state index contributed by atoms with van der Waals surface area (Å²) in [5.74, 6) is 0.0498. The first-order valence-corrected chi connectivity index (χ1v) is 10.2. The summed E-state index contributed by atoms with van der Waals surface area (Å²) in [5, 5.41) is 10.7. The molecule has 4 heteroatoms. The van der Waals surface area contributed by atoms with Crippen molar-refractivity contribution in [3.05, 3.63) is 77.9 Å². The van der Waals surface area contributed by atoms with Crippen LogP contribution in [0.5, 0.6) is 5.75 Å². The fourth-order valence-corrected chi connectivity index (χ4v) is 3.41. The molecule has 146 valence electrons. The van der Waals surface area contributed by atoms with Crippen LogP contribution in [0.4, 0.5) is 0 Å². The first kappa shape index (κ1) is 20.3. The molecule has 0 amide bonds. The van der Waals surface area contributed by atoms with Gasteiger partial charge in [-0.05, 0) is 53.3 Å². The second-order valence-corrected chi connectivity index (χ2v) is 7.69. The van der Waals surface area contributed by atoms with Crippen LogP contribution in [0.2, 0.25) is 0 Å². The summed E-state index contributed by atoms with van der Waals surface area (Å²) in [6.45, 7) is 0.569. The molecule has 0 aliphatic carbocycles. The van der Waals surface area contributed by atoms with E-state index in [1.165, 1.54) is 16.3 Å². The Labute approximate surface area is 171 Å². The SMILES string of the molecule is O=C(O)C(S)CCCCCc1ccc2cc(OCc3ccccc3)ccc2c1. The quantitative estimate of drug-likeness (QED) is 0.332. The van der Waals surface area contributed by atoms with E-state index >= 15 is 0 Å². The van der Waals surface area contributed by atoms with Gasteiger partial charge in [-0.2, -0.15) is 12.6 Å². The Bertz CT molecular complexity index is 908. The molecule has 0 saturated carbocycles. The zero-order chi connectivity index (χ0) is 19.8. The van der Waals surface area contributed by atoms with E-state index in [1.54, 1.807) is 0 Å². The Kier molecular flexibility index (Phi) is 7.38. The van der Waals surface area contributed by atoms with Crippen LogP contribution >= 0.6 is 12.6 Å². The molecule has 3 aromatic carbocycles. The Hall–Kier alpha value is -2.46. The van der Waals surface area contributed by atoms with E-state index in [0.29, 0.717) is 13.0 Å². The third kappa shape index (κ3) is 6.03. The molecule has 0 fully saturated rings. The van der Waals surface area contributed by atoms with Crippen LogP contribution in [0.1, 0.15) is 36.8 Å². The minimum absolute atomic E-state index is 0.543. The number of benzene rings is 3. The fourth-order valence-electron chi connectivity index (χ4n) is 3.23. The van der Waals surface area contributed by atoms with Crippen LogP contribution in [-0.2, 0) is 17.8 Å². The van der Waals surface area contributed by atoms with E-state index in [2.05, 4.69) is 55.1 Å². The van der Waals surface area contributed by atoms with Crippen LogP contribution in [-0.4, -0.2) is 16.3 Å². The number of aryl methyl sites for hydroxylation is 1. The standard InChI is InChI=1S/C24H26O3S/c25-24(26)23(28)10-6-2-3-7-18-11-12-21-16-22(14-13-20(21)15-18)27-17-19-8-4-1-5-9-19/h1,4-5,8-9,11-16,23,28H,2-3,6-7,10,17H2,(H,25,26). The number of unbranched alkanes of at least 4 members (excludes halogenated alkanes) is 2. The average Bonchev–Trinajstić information content (AvgIpc) is 2.72. The molecule has 28 heavy (non-hydrogen) atoms. The minimum atomic E-state index is -0.829. The molecule has 0 saturated heterocycles. The lowest BCUT2D eigenvalue weighted by atomic mass is 10.0. The smallest absolute Gasteiger partial charge is 0.316 e. The van der Waals surface area contributed by atoms with Gasteiger partial charge in [0, 0.05) is 0 Å². The predicted molar refractivity (Wildman–Crippen MR) is 117 cm³/mol. The largest absolute Gasteiger partial charge is 0.489 e. The van der Waals surface area contributed by atoms with Crippen molar-refractivity contribution in [3.63, 3.8) is 0 Å². The zero-order valence-corrected chi connectivity index (χ0v) is 16.8. The van der Waals surface area contributed by atoms with Gasteiger partial charge in [-0.3, -0.25) is 4.79 Å². The molecular formula is C24H26O3S. The van der Waals surface area contributed by atoms with E-state index in [-0.39, 0.29) is 0 Å². The molecule has 0 aliphatic heterocycles. The highest BCUT2D eigenvalue weighted by Crippen LogP contribution is 2.24. The van der Waals surface area contributed by atoms with Gasteiger partial charge in [0.25, 0.3) is 0 Å². The van der Waals surface area contributed by atoms with Crippen LogP contribution in [0.15, 0.2) is 66.7 Å². The highest BCUT2D eigenvalue weighted by molar-refractivity contribution is 7.81. The first-order chi connectivity index (χ1) is 13.6. The van der Waals surface area contributed by atoms with Gasteiger partial charge in [-0.15, -0.1) is 0 Å². The molecule has 0 aliphatic rings. The number of thiol groups is 1. The van der Waals surface area contributed by atoms with Gasteiger partial charge in [-0.1, -0.05) is 67.4 Å². The summed E-state index contributed by atoms with van der Waals surface area (Å²) < 4.78 is 5.91. The van der Waals surface area contributed by atoms with Crippen LogP contribution in [0, 0.1) is 0 Å². The molecule has 3 nitrogen and oxygen atoms in total. The molecular weight excluding hydrogens is 368 g/mol. The number of hydrogen-bond donors (Lipinski definition) is 2. The van der Waals surface area contributed by atoms with Gasteiger partial charge in [0.15, 0.2) is 0 Å². The lowest BCUT2D eigenvalue weighted by molar-refractivity contribution is -0.136. The second-order valence-electron chi connectivity index (χ2n) is 7.07. The maximum atomic E-state index is 10.8. The summed E-state index contributed by atoms with van der Waals surface area (Å²) in [4.78, 5) is 10.8. The van der Waals surface area contributed by atoms with Crippen molar-refractivity contribution in [2.45, 2.75) is 44.0 Å². The van der Waals surface area contributed by atoms with Crippen LogP contribution < -0.4 is 4.74 Å². The lowest BCUT2D eigenvalue weighted by Crippen LogP contribution is -2.12. The van der Waals surface area contributed by atoms with E-state index in [1.807, 2.05) is 24.3 Å². The van der Waals surface area contributed by atoms with Crippen LogP contribution in [0.3, 0.4) is 0 Å². The van der Waals surface area contributed by atoms with Crippen molar-refractivity contribution in [1.82, 2.24) is 0 Å². The minimum Gasteiger partial charge on any atom is -0.489 e. The maximum Gasteiger partial charge on any atom is 0.316 e. The second kappa shape index (κ2) is 10.2. The molecule has 1 N–H and O–H groups in total. The normalized spacial score (nSPS) is 12.0. The third-order valence-corrected chi connectivity index (χ3v) is 5.33. The lowest BCUT2D eigenvalue weighted by Gasteiger charge is -2.09. The summed E-state index contributed by atoms with van der Waals surface area (Å²) in [7, 11) is 0. The highest BCUT2D eigenvalue weighted by atomic mass is 32.1. The molecule has 0 aromatic heterocycles. The molecule has 0 bridgehead atoms. The van der Waals surface area contributed by atoms with Crippen molar-refractivity contribution < 1.29 is 14.6 Å². The summed E-state index contributed by atoms with van der Waals surface area (Å²) in [5.41, 5.74) is 2.47. The van der Waals surface area contributed by atoms with E-state index in [9.17, 15) is 4.79 Å². The van der Waals surface area contributed by atoms with Crippen molar-refractivity contribution >= 4 is 29.4 Å². The van der Waals surface area contributed by atoms with Crippen molar-refractivity contribution in [2.24, 2.45) is 0 Å². The molecule has 1 unspecified atom stereocenters. The Morgan fingerprint density at radius 3 is 2.43 bits per heavy atom. The van der Waals surface area contributed by atoms with Crippen LogP contribution in [0.25, 0.3) is 10.8 Å². The number of carboxylic acids is 1. The van der Waals surface area contributed by atoms with Gasteiger partial charge < -0.3 is 9.84 Å². The number of fused-ring (bicyclic) bond motifs is 1. The zero-order valence-electron chi connectivity index (χ0n) is 15.9. The molecule has 0 radical (unpaired) electrons. The van der Waals surface area contributed by atoms with Gasteiger partial charge in [-0.25, -0.2) is 0 Å². The topological polar surface area (TPSA) is 46.5 Å². The molecule has 1 atom stereocenters. The third-order valence-electron chi connectivity index (χ3n) is 4.85. The van der Waals surface area contributed by atoms with Crippen molar-refractivity contribution in [1.29, 1.82) is 0 Å². The van der Waals surface area contributed by atoms with Gasteiger partial charge in [0.2, 0.25) is 0 Å². The van der Waals surface area contributed by atoms with E-state index < -0.39 is 11.2 Å². The van der Waals surface area contributed by atoms with E-state index in [4.69, 9.17) is 9.84 Å². The first-order valence-electron chi connectivity index (χ1n) is 9.72. The number of carbonyl (C=O) groups is 1. The average molecular weight is 395 g/mol. The molecule has 0 heterocycles. The number of rotatable bonds is 10. The summed E-state index contributed by atoms with van der Waals surface area (Å²) in [6, 6.07) is 22.9.